The van der Waals surface area contributed by atoms with Crippen LogP contribution < -0.4 is 0 Å². The van der Waals surface area contributed by atoms with Crippen LogP contribution in [-0.4, -0.2) is 49.3 Å². The summed E-state index contributed by atoms with van der Waals surface area (Å²) in [6.45, 7) is 0.516. The van der Waals surface area contributed by atoms with E-state index in [0.717, 1.165) is 0 Å². The molecule has 0 aromatic rings. The molecule has 0 N–H and O–H groups in total. The second kappa shape index (κ2) is 7.19. The molecule has 2 heterocycles. The van der Waals surface area contributed by atoms with E-state index < -0.39 is 47.9 Å². The van der Waals surface area contributed by atoms with Gasteiger partial charge in [0.25, 0.3) is 0 Å². The van der Waals surface area contributed by atoms with Gasteiger partial charge in [-0.15, -0.1) is 0 Å². The van der Waals surface area contributed by atoms with Gasteiger partial charge in [0.15, 0.2) is 0 Å². The minimum Gasteiger partial charge on any atom is -0.463 e. The van der Waals surface area contributed by atoms with Crippen molar-refractivity contribution in [2.24, 2.45) is 11.8 Å². The standard InChI is InChI=1S/C16H20O8/c17-13(23-11-4-6-21-15(11)19)9-2-1-3-10(8-9)14(18)24-12-5-7-22-16(12)20/h9-12H,1-8H2/t9-,10-,11-,12-/m1/s1. The Morgan fingerprint density at radius 1 is 0.792 bits per heavy atom. The van der Waals surface area contributed by atoms with Crippen molar-refractivity contribution in [3.8, 4) is 0 Å². The minimum absolute atomic E-state index is 0.258. The molecule has 0 aromatic heterocycles. The van der Waals surface area contributed by atoms with Crippen LogP contribution >= 0.6 is 0 Å². The van der Waals surface area contributed by atoms with Crippen LogP contribution in [0.15, 0.2) is 0 Å². The Labute approximate surface area is 138 Å². The normalized spacial score (nSPS) is 32.8. The van der Waals surface area contributed by atoms with Gasteiger partial charge in [-0.3, -0.25) is 9.59 Å². The van der Waals surface area contributed by atoms with Gasteiger partial charge in [-0.05, 0) is 19.3 Å². The fourth-order valence-electron chi connectivity index (χ4n) is 3.26. The zero-order chi connectivity index (χ0) is 17.1. The maximum Gasteiger partial charge on any atom is 0.347 e. The molecule has 3 rings (SSSR count). The molecule has 3 aliphatic rings. The number of carbonyl (C=O) groups is 4. The first-order valence-corrected chi connectivity index (χ1v) is 8.29. The lowest BCUT2D eigenvalue weighted by Crippen LogP contribution is -2.34. The number of esters is 4. The van der Waals surface area contributed by atoms with Gasteiger partial charge < -0.3 is 18.9 Å². The van der Waals surface area contributed by atoms with E-state index in [2.05, 4.69) is 0 Å². The largest absolute Gasteiger partial charge is 0.463 e. The van der Waals surface area contributed by atoms with Gasteiger partial charge in [0.2, 0.25) is 12.2 Å². The average molecular weight is 340 g/mol. The Hall–Kier alpha value is -2.12. The fourth-order valence-corrected chi connectivity index (χ4v) is 3.26. The van der Waals surface area contributed by atoms with Crippen LogP contribution in [0, 0.1) is 11.8 Å². The van der Waals surface area contributed by atoms with Gasteiger partial charge in [0.05, 0.1) is 25.0 Å². The molecule has 1 aliphatic carbocycles. The van der Waals surface area contributed by atoms with E-state index in [0.29, 0.717) is 38.5 Å². The number of rotatable bonds is 4. The molecule has 0 unspecified atom stereocenters. The molecule has 2 aliphatic heterocycles. The molecule has 0 amide bonds. The number of hydrogen-bond donors (Lipinski definition) is 0. The summed E-state index contributed by atoms with van der Waals surface area (Å²) < 4.78 is 19.9. The molecule has 1 saturated carbocycles. The molecule has 0 bridgehead atoms. The summed E-state index contributed by atoms with van der Waals surface area (Å²) in [6, 6.07) is 0. The van der Waals surface area contributed by atoms with Crippen molar-refractivity contribution in [3.63, 3.8) is 0 Å². The predicted octanol–water partition coefficient (Wildman–Crippen LogP) is 0.510. The summed E-state index contributed by atoms with van der Waals surface area (Å²) in [7, 11) is 0. The molecule has 8 heteroatoms. The number of hydrogen-bond acceptors (Lipinski definition) is 8. The van der Waals surface area contributed by atoms with E-state index in [1.54, 1.807) is 0 Å². The van der Waals surface area contributed by atoms with E-state index in [-0.39, 0.29) is 13.2 Å². The summed E-state index contributed by atoms with van der Waals surface area (Å²) >= 11 is 0. The molecule has 0 aromatic carbocycles. The van der Waals surface area contributed by atoms with Gasteiger partial charge in [-0.1, -0.05) is 6.42 Å². The van der Waals surface area contributed by atoms with E-state index in [4.69, 9.17) is 18.9 Å². The first kappa shape index (κ1) is 16.7. The molecule has 24 heavy (non-hydrogen) atoms. The fraction of sp³-hybridized carbons (Fsp3) is 0.750. The summed E-state index contributed by atoms with van der Waals surface area (Å²) in [4.78, 5) is 47.2. The van der Waals surface area contributed by atoms with Gasteiger partial charge in [-0.25, -0.2) is 9.59 Å². The van der Waals surface area contributed by atoms with Crippen molar-refractivity contribution in [1.29, 1.82) is 0 Å². The van der Waals surface area contributed by atoms with Gasteiger partial charge >= 0.3 is 23.9 Å². The molecule has 132 valence electrons. The van der Waals surface area contributed by atoms with E-state index in [9.17, 15) is 19.2 Å². The number of carbonyl (C=O) groups excluding carboxylic acids is 4. The van der Waals surface area contributed by atoms with Crippen molar-refractivity contribution in [1.82, 2.24) is 0 Å². The molecular weight excluding hydrogens is 320 g/mol. The molecular formula is C16H20O8. The van der Waals surface area contributed by atoms with E-state index >= 15 is 0 Å². The molecule has 0 spiro atoms. The van der Waals surface area contributed by atoms with Crippen molar-refractivity contribution in [3.05, 3.63) is 0 Å². The van der Waals surface area contributed by atoms with Crippen LogP contribution in [0.1, 0.15) is 38.5 Å². The lowest BCUT2D eigenvalue weighted by molar-refractivity contribution is -0.168. The van der Waals surface area contributed by atoms with Crippen molar-refractivity contribution < 1.29 is 38.1 Å². The Balaban J connectivity index is 1.51. The van der Waals surface area contributed by atoms with Crippen molar-refractivity contribution >= 4 is 23.9 Å². The van der Waals surface area contributed by atoms with E-state index in [1.807, 2.05) is 0 Å². The average Bonchev–Trinajstić information content (AvgIpc) is 3.16. The maximum absolute atomic E-state index is 12.2. The van der Waals surface area contributed by atoms with Crippen LogP contribution in [0.3, 0.4) is 0 Å². The maximum atomic E-state index is 12.2. The highest BCUT2D eigenvalue weighted by Crippen LogP contribution is 2.32. The van der Waals surface area contributed by atoms with Gasteiger partial charge in [0.1, 0.15) is 0 Å². The van der Waals surface area contributed by atoms with Crippen LogP contribution in [-0.2, 0) is 38.1 Å². The third kappa shape index (κ3) is 3.68. The van der Waals surface area contributed by atoms with Crippen LogP contribution in [0.4, 0.5) is 0 Å². The minimum atomic E-state index is -0.835. The summed E-state index contributed by atoms with van der Waals surface area (Å²) in [5.74, 6) is -2.88. The Morgan fingerprint density at radius 2 is 1.25 bits per heavy atom. The molecule has 4 atom stereocenters. The molecule has 3 fully saturated rings. The summed E-state index contributed by atoms with van der Waals surface area (Å²) in [5, 5.41) is 0. The Morgan fingerprint density at radius 3 is 1.62 bits per heavy atom. The van der Waals surface area contributed by atoms with Gasteiger partial charge in [-0.2, -0.15) is 0 Å². The predicted molar refractivity (Wildman–Crippen MR) is 76.4 cm³/mol. The summed E-state index contributed by atoms with van der Waals surface area (Å²) in [5.41, 5.74) is 0. The first-order chi connectivity index (χ1) is 11.5. The Kier molecular flexibility index (Phi) is 5.01. The van der Waals surface area contributed by atoms with Crippen LogP contribution in [0.5, 0.6) is 0 Å². The highest BCUT2D eigenvalue weighted by Gasteiger charge is 2.38. The quantitative estimate of drug-likeness (QED) is 0.538. The van der Waals surface area contributed by atoms with Crippen molar-refractivity contribution in [2.45, 2.75) is 50.7 Å². The molecule has 8 nitrogen and oxygen atoms in total. The van der Waals surface area contributed by atoms with E-state index in [1.165, 1.54) is 0 Å². The second-order valence-corrected chi connectivity index (χ2v) is 6.32. The smallest absolute Gasteiger partial charge is 0.347 e. The Bertz CT molecular complexity index is 496. The third-order valence-corrected chi connectivity index (χ3v) is 4.63. The van der Waals surface area contributed by atoms with Crippen molar-refractivity contribution in [2.75, 3.05) is 13.2 Å². The lowest BCUT2D eigenvalue weighted by atomic mass is 9.81. The zero-order valence-electron chi connectivity index (χ0n) is 13.2. The SMILES string of the molecule is O=C(O[C@@H]1CCOC1=O)[C@@H]1CCC[C@@H](C(=O)O[C@@H]2CCOC2=O)C1. The molecule has 0 radical (unpaired) electrons. The topological polar surface area (TPSA) is 105 Å². The highest BCUT2D eigenvalue weighted by atomic mass is 16.6. The highest BCUT2D eigenvalue weighted by molar-refractivity contribution is 5.83. The third-order valence-electron chi connectivity index (χ3n) is 4.63. The lowest BCUT2D eigenvalue weighted by Gasteiger charge is -2.27. The van der Waals surface area contributed by atoms with Crippen LogP contribution in [0.2, 0.25) is 0 Å². The first-order valence-electron chi connectivity index (χ1n) is 8.29. The summed E-state index contributed by atoms with van der Waals surface area (Å²) in [6.07, 6.45) is 1.27. The van der Waals surface area contributed by atoms with Crippen LogP contribution in [0.25, 0.3) is 0 Å². The second-order valence-electron chi connectivity index (χ2n) is 6.32. The number of cyclic esters (lactones) is 2. The zero-order valence-corrected chi connectivity index (χ0v) is 13.2. The monoisotopic (exact) mass is 340 g/mol. The van der Waals surface area contributed by atoms with Gasteiger partial charge in [0, 0.05) is 12.8 Å². The number of ether oxygens (including phenoxy) is 4. The molecule has 2 saturated heterocycles.